The summed E-state index contributed by atoms with van der Waals surface area (Å²) < 4.78 is 5.39. The van der Waals surface area contributed by atoms with Crippen molar-refractivity contribution in [1.29, 1.82) is 0 Å². The number of hydrogen-bond donors (Lipinski definition) is 0. The quantitative estimate of drug-likeness (QED) is 0.444. The van der Waals surface area contributed by atoms with Crippen molar-refractivity contribution in [3.8, 4) is 5.06 Å². The summed E-state index contributed by atoms with van der Waals surface area (Å²) >= 11 is 6.77. The molecule has 0 aromatic carbocycles. The Morgan fingerprint density at radius 2 is 2.38 bits per heavy atom. The van der Waals surface area contributed by atoms with Gasteiger partial charge < -0.3 is 9.53 Å². The zero-order valence-corrected chi connectivity index (χ0v) is 8.39. The molecule has 0 spiro atoms. The van der Waals surface area contributed by atoms with Crippen molar-refractivity contribution >= 4 is 35.2 Å². The predicted octanol–water partition coefficient (Wildman–Crippen LogP) is 2.14. The third-order valence-electron chi connectivity index (χ3n) is 1.33. The Morgan fingerprint density at radius 1 is 1.69 bits per heavy atom. The summed E-state index contributed by atoms with van der Waals surface area (Å²) in [5, 5.41) is 0.406. The van der Waals surface area contributed by atoms with E-state index < -0.39 is 11.9 Å². The first-order valence-electron chi connectivity index (χ1n) is 3.56. The van der Waals surface area contributed by atoms with Gasteiger partial charge in [-0.2, -0.15) is 0 Å². The van der Waals surface area contributed by atoms with Gasteiger partial charge in [0.05, 0.1) is 4.34 Å². The fourth-order valence-corrected chi connectivity index (χ4v) is 1.48. The lowest BCUT2D eigenvalue weighted by atomic mass is 10.2. The number of esters is 1. The van der Waals surface area contributed by atoms with Crippen LogP contribution in [-0.2, 0) is 9.59 Å². The maximum Gasteiger partial charge on any atom is 0.322 e. The molecule has 1 rings (SSSR count). The van der Waals surface area contributed by atoms with Crippen LogP contribution in [0.1, 0.15) is 6.92 Å². The molecule has 0 radical (unpaired) electrons. The third kappa shape index (κ3) is 2.82. The minimum Gasteiger partial charge on any atom is -0.415 e. The highest BCUT2D eigenvalue weighted by atomic mass is 35.5. The van der Waals surface area contributed by atoms with E-state index in [1.807, 2.05) is 0 Å². The SMILES string of the molecule is CC(C=O)C(=O)Oc1ccc(Cl)s1. The summed E-state index contributed by atoms with van der Waals surface area (Å²) in [5.41, 5.74) is 0. The van der Waals surface area contributed by atoms with Gasteiger partial charge in [-0.15, -0.1) is 0 Å². The van der Waals surface area contributed by atoms with Crippen molar-refractivity contribution in [3.63, 3.8) is 0 Å². The van der Waals surface area contributed by atoms with Crippen molar-refractivity contribution in [2.45, 2.75) is 6.92 Å². The van der Waals surface area contributed by atoms with Crippen LogP contribution in [0.4, 0.5) is 0 Å². The van der Waals surface area contributed by atoms with Crippen molar-refractivity contribution in [2.24, 2.45) is 5.92 Å². The number of rotatable bonds is 3. The number of ether oxygens (including phenoxy) is 1. The van der Waals surface area contributed by atoms with Gasteiger partial charge in [-0.1, -0.05) is 22.9 Å². The smallest absolute Gasteiger partial charge is 0.322 e. The van der Waals surface area contributed by atoms with E-state index in [0.717, 1.165) is 11.3 Å². The van der Waals surface area contributed by atoms with E-state index in [9.17, 15) is 9.59 Å². The number of thiophene rings is 1. The summed E-state index contributed by atoms with van der Waals surface area (Å²) in [7, 11) is 0. The van der Waals surface area contributed by atoms with E-state index in [2.05, 4.69) is 0 Å². The monoisotopic (exact) mass is 218 g/mol. The minimum atomic E-state index is -0.735. The molecular weight excluding hydrogens is 212 g/mol. The molecule has 1 aromatic rings. The number of carbonyl (C=O) groups excluding carboxylic acids is 2. The zero-order valence-electron chi connectivity index (χ0n) is 6.82. The molecule has 3 nitrogen and oxygen atoms in total. The highest BCUT2D eigenvalue weighted by Gasteiger charge is 2.14. The first-order valence-corrected chi connectivity index (χ1v) is 4.75. The summed E-state index contributed by atoms with van der Waals surface area (Å²) in [4.78, 5) is 21.3. The van der Waals surface area contributed by atoms with Crippen LogP contribution in [0.25, 0.3) is 0 Å². The molecule has 0 bridgehead atoms. The molecule has 1 unspecified atom stereocenters. The van der Waals surface area contributed by atoms with Crippen molar-refractivity contribution < 1.29 is 14.3 Å². The molecule has 13 heavy (non-hydrogen) atoms. The number of halogens is 1. The van der Waals surface area contributed by atoms with E-state index in [4.69, 9.17) is 16.3 Å². The molecule has 0 amide bonds. The molecule has 0 aliphatic carbocycles. The van der Waals surface area contributed by atoms with Gasteiger partial charge in [0, 0.05) is 0 Å². The topological polar surface area (TPSA) is 43.4 Å². The van der Waals surface area contributed by atoms with E-state index in [-0.39, 0.29) is 0 Å². The van der Waals surface area contributed by atoms with Crippen LogP contribution in [0.15, 0.2) is 12.1 Å². The molecule has 0 saturated heterocycles. The van der Waals surface area contributed by atoms with Crippen LogP contribution in [0, 0.1) is 5.92 Å². The molecule has 1 aromatic heterocycles. The molecule has 5 heteroatoms. The van der Waals surface area contributed by atoms with E-state index in [0.29, 0.717) is 15.7 Å². The fourth-order valence-electron chi connectivity index (χ4n) is 0.600. The lowest BCUT2D eigenvalue weighted by Crippen LogP contribution is -2.18. The number of carbonyl (C=O) groups is 2. The Labute approximate surface area is 84.3 Å². The Morgan fingerprint density at radius 3 is 2.85 bits per heavy atom. The second kappa shape index (κ2) is 4.39. The molecule has 1 atom stereocenters. The first kappa shape index (κ1) is 10.2. The molecule has 0 aliphatic rings. The average Bonchev–Trinajstić information content (AvgIpc) is 2.49. The fraction of sp³-hybridized carbons (Fsp3) is 0.250. The first-order chi connectivity index (χ1) is 6.13. The molecule has 0 N–H and O–H groups in total. The van der Waals surface area contributed by atoms with Gasteiger partial charge in [0.2, 0.25) is 0 Å². The Balaban J connectivity index is 2.59. The van der Waals surface area contributed by atoms with Crippen LogP contribution in [0.2, 0.25) is 4.34 Å². The number of aldehydes is 1. The maximum atomic E-state index is 11.1. The molecule has 0 fully saturated rings. The second-order valence-corrected chi connectivity index (χ2v) is 4.08. The van der Waals surface area contributed by atoms with Crippen LogP contribution in [-0.4, -0.2) is 12.3 Å². The molecule has 0 saturated carbocycles. The summed E-state index contributed by atoms with van der Waals surface area (Å²) in [6, 6.07) is 3.21. The van der Waals surface area contributed by atoms with Crippen LogP contribution in [0.3, 0.4) is 0 Å². The van der Waals surface area contributed by atoms with Crippen molar-refractivity contribution in [3.05, 3.63) is 16.5 Å². The van der Waals surface area contributed by atoms with Gasteiger partial charge >= 0.3 is 5.97 Å². The lowest BCUT2D eigenvalue weighted by molar-refractivity contribution is -0.140. The molecule has 70 valence electrons. The van der Waals surface area contributed by atoms with Crippen LogP contribution >= 0.6 is 22.9 Å². The molecule has 1 heterocycles. The highest BCUT2D eigenvalue weighted by Crippen LogP contribution is 2.28. The van der Waals surface area contributed by atoms with Gasteiger partial charge in [-0.3, -0.25) is 4.79 Å². The largest absolute Gasteiger partial charge is 0.415 e. The Hall–Kier alpha value is -0.870. The van der Waals surface area contributed by atoms with Gasteiger partial charge in [-0.25, -0.2) is 0 Å². The summed E-state index contributed by atoms with van der Waals surface area (Å²) in [5.74, 6) is -1.30. The molecular formula is C8H7ClO3S. The Kier molecular flexibility index (Phi) is 3.45. The normalized spacial score (nSPS) is 12.2. The summed E-state index contributed by atoms with van der Waals surface area (Å²) in [6.45, 7) is 1.48. The highest BCUT2D eigenvalue weighted by molar-refractivity contribution is 7.17. The second-order valence-electron chi connectivity index (χ2n) is 2.40. The van der Waals surface area contributed by atoms with E-state index >= 15 is 0 Å². The third-order valence-corrected chi connectivity index (χ3v) is 2.43. The van der Waals surface area contributed by atoms with Crippen LogP contribution in [0.5, 0.6) is 5.06 Å². The zero-order chi connectivity index (χ0) is 9.84. The average molecular weight is 219 g/mol. The standard InChI is InChI=1S/C8H7ClO3S/c1-5(4-10)8(11)12-7-3-2-6(9)13-7/h2-5H,1H3. The minimum absolute atomic E-state index is 0.406. The van der Waals surface area contributed by atoms with Gasteiger partial charge in [0.25, 0.3) is 0 Å². The maximum absolute atomic E-state index is 11.1. The molecule has 0 aliphatic heterocycles. The van der Waals surface area contributed by atoms with Crippen molar-refractivity contribution in [2.75, 3.05) is 0 Å². The number of hydrogen-bond acceptors (Lipinski definition) is 4. The lowest BCUT2D eigenvalue weighted by Gasteiger charge is -2.01. The van der Waals surface area contributed by atoms with Gasteiger partial charge in [-0.05, 0) is 19.1 Å². The van der Waals surface area contributed by atoms with Crippen molar-refractivity contribution in [1.82, 2.24) is 0 Å². The van der Waals surface area contributed by atoms with E-state index in [1.165, 1.54) is 6.92 Å². The Bertz CT molecular complexity index is 321. The van der Waals surface area contributed by atoms with Gasteiger partial charge in [0.1, 0.15) is 12.2 Å². The predicted molar refractivity (Wildman–Crippen MR) is 50.2 cm³/mol. The van der Waals surface area contributed by atoms with Gasteiger partial charge in [0.15, 0.2) is 5.06 Å². The van der Waals surface area contributed by atoms with E-state index in [1.54, 1.807) is 12.1 Å². The van der Waals surface area contributed by atoms with Crippen LogP contribution < -0.4 is 4.74 Å². The summed E-state index contributed by atoms with van der Waals surface area (Å²) in [6.07, 6.45) is 0.539.